The van der Waals surface area contributed by atoms with Gasteiger partial charge in [0.1, 0.15) is 0 Å². The summed E-state index contributed by atoms with van der Waals surface area (Å²) in [5.41, 5.74) is 0.460. The zero-order valence-corrected chi connectivity index (χ0v) is 9.48. The molecule has 0 saturated carbocycles. The topological polar surface area (TPSA) is 71.1 Å². The third-order valence-electron chi connectivity index (χ3n) is 2.89. The molecule has 0 unspecified atom stereocenters. The molecular weight excluding hydrogens is 218 g/mol. The normalized spacial score (nSPS) is 16.5. The summed E-state index contributed by atoms with van der Waals surface area (Å²) in [6.45, 7) is 1.67. The lowest BCUT2D eigenvalue weighted by Crippen LogP contribution is -2.40. The van der Waals surface area contributed by atoms with Crippen molar-refractivity contribution in [2.75, 3.05) is 13.1 Å². The molecule has 2 heterocycles. The Morgan fingerprint density at radius 1 is 1.24 bits per heavy atom. The molecular formula is C12H15N3O2. The first-order valence-electron chi connectivity index (χ1n) is 5.73. The number of aromatic nitrogens is 1. The van der Waals surface area contributed by atoms with E-state index < -0.39 is 0 Å². The van der Waals surface area contributed by atoms with E-state index in [0.29, 0.717) is 5.56 Å². The number of pyridine rings is 1. The molecule has 2 amide bonds. The Labute approximate surface area is 99.6 Å². The largest absolute Gasteiger partial charge is 0.317 e. The summed E-state index contributed by atoms with van der Waals surface area (Å²) in [7, 11) is 0. The highest BCUT2D eigenvalue weighted by Gasteiger charge is 2.22. The number of piperidine rings is 1. The summed E-state index contributed by atoms with van der Waals surface area (Å²) in [6.07, 6.45) is 4.64. The molecule has 0 aromatic carbocycles. The number of imide groups is 1. The van der Waals surface area contributed by atoms with E-state index in [1.165, 1.54) is 12.4 Å². The number of nitrogens with zero attached hydrogens (tertiary/aromatic N) is 1. The van der Waals surface area contributed by atoms with Crippen LogP contribution >= 0.6 is 0 Å². The molecule has 0 atom stereocenters. The average molecular weight is 233 g/mol. The summed E-state index contributed by atoms with van der Waals surface area (Å²) < 4.78 is 0. The van der Waals surface area contributed by atoms with Crippen LogP contribution in [0.15, 0.2) is 24.5 Å². The van der Waals surface area contributed by atoms with Gasteiger partial charge in [-0.2, -0.15) is 0 Å². The molecule has 1 aromatic rings. The van der Waals surface area contributed by atoms with Crippen LogP contribution in [0.4, 0.5) is 0 Å². The van der Waals surface area contributed by atoms with E-state index in [1.807, 2.05) is 0 Å². The molecule has 1 aromatic heterocycles. The number of hydrogen-bond acceptors (Lipinski definition) is 4. The Hall–Kier alpha value is -1.75. The van der Waals surface area contributed by atoms with E-state index >= 15 is 0 Å². The Bertz CT molecular complexity index is 399. The summed E-state index contributed by atoms with van der Waals surface area (Å²) >= 11 is 0. The van der Waals surface area contributed by atoms with Gasteiger partial charge in [0.2, 0.25) is 5.91 Å². The lowest BCUT2D eigenvalue weighted by atomic mass is 9.97. The first-order valence-corrected chi connectivity index (χ1v) is 5.73. The lowest BCUT2D eigenvalue weighted by molar-refractivity contribution is -0.124. The maximum Gasteiger partial charge on any atom is 0.257 e. The van der Waals surface area contributed by atoms with Crippen molar-refractivity contribution in [2.24, 2.45) is 5.92 Å². The Morgan fingerprint density at radius 3 is 2.53 bits per heavy atom. The van der Waals surface area contributed by atoms with Crippen LogP contribution in [-0.4, -0.2) is 29.9 Å². The average Bonchev–Trinajstić information content (AvgIpc) is 2.40. The highest BCUT2D eigenvalue weighted by atomic mass is 16.2. The molecule has 2 N–H and O–H groups in total. The van der Waals surface area contributed by atoms with Crippen LogP contribution in [-0.2, 0) is 4.79 Å². The SMILES string of the molecule is O=C(NC(=O)C1CCNCC1)c1ccncc1. The van der Waals surface area contributed by atoms with Crippen LogP contribution in [0.25, 0.3) is 0 Å². The Morgan fingerprint density at radius 2 is 1.88 bits per heavy atom. The van der Waals surface area contributed by atoms with Gasteiger partial charge in [-0.15, -0.1) is 0 Å². The van der Waals surface area contributed by atoms with Crippen LogP contribution in [0.3, 0.4) is 0 Å². The van der Waals surface area contributed by atoms with Gasteiger partial charge in [0, 0.05) is 23.9 Å². The highest BCUT2D eigenvalue weighted by molar-refractivity contribution is 6.05. The van der Waals surface area contributed by atoms with Crippen molar-refractivity contribution in [1.29, 1.82) is 0 Å². The van der Waals surface area contributed by atoms with Gasteiger partial charge in [-0.1, -0.05) is 0 Å². The monoisotopic (exact) mass is 233 g/mol. The van der Waals surface area contributed by atoms with Crippen LogP contribution in [0, 0.1) is 5.92 Å². The zero-order valence-electron chi connectivity index (χ0n) is 9.48. The predicted octanol–water partition coefficient (Wildman–Crippen LogP) is 0.338. The van der Waals surface area contributed by atoms with Crippen molar-refractivity contribution in [3.05, 3.63) is 30.1 Å². The molecule has 1 saturated heterocycles. The predicted molar refractivity (Wildman–Crippen MR) is 62.3 cm³/mol. The van der Waals surface area contributed by atoms with Gasteiger partial charge in [-0.3, -0.25) is 19.9 Å². The quantitative estimate of drug-likeness (QED) is 0.722. The molecule has 1 aliphatic heterocycles. The third-order valence-corrected chi connectivity index (χ3v) is 2.89. The molecule has 17 heavy (non-hydrogen) atoms. The lowest BCUT2D eigenvalue weighted by Gasteiger charge is -2.21. The fourth-order valence-electron chi connectivity index (χ4n) is 1.87. The minimum Gasteiger partial charge on any atom is -0.317 e. The fraction of sp³-hybridized carbons (Fsp3) is 0.417. The van der Waals surface area contributed by atoms with Gasteiger partial charge in [0.05, 0.1) is 0 Å². The smallest absolute Gasteiger partial charge is 0.257 e. The van der Waals surface area contributed by atoms with Crippen molar-refractivity contribution in [1.82, 2.24) is 15.6 Å². The molecule has 1 fully saturated rings. The molecule has 2 rings (SSSR count). The molecule has 5 nitrogen and oxygen atoms in total. The van der Waals surface area contributed by atoms with Crippen molar-refractivity contribution in [3.63, 3.8) is 0 Å². The van der Waals surface area contributed by atoms with Crippen LogP contribution in [0.5, 0.6) is 0 Å². The van der Waals surface area contributed by atoms with Gasteiger partial charge in [-0.05, 0) is 38.1 Å². The molecule has 0 aliphatic carbocycles. The minimum atomic E-state index is -0.351. The summed E-state index contributed by atoms with van der Waals surface area (Å²) in [4.78, 5) is 27.4. The second-order valence-electron chi connectivity index (χ2n) is 4.08. The van der Waals surface area contributed by atoms with Crippen molar-refractivity contribution in [2.45, 2.75) is 12.8 Å². The molecule has 5 heteroatoms. The number of rotatable bonds is 2. The number of hydrogen-bond donors (Lipinski definition) is 2. The zero-order chi connectivity index (χ0) is 12.1. The third kappa shape index (κ3) is 3.10. The number of carbonyl (C=O) groups excluding carboxylic acids is 2. The minimum absolute atomic E-state index is 0.0537. The summed E-state index contributed by atoms with van der Waals surface area (Å²) in [6, 6.07) is 3.18. The van der Waals surface area contributed by atoms with Crippen molar-refractivity contribution >= 4 is 11.8 Å². The van der Waals surface area contributed by atoms with E-state index in [4.69, 9.17) is 0 Å². The van der Waals surface area contributed by atoms with Crippen molar-refractivity contribution in [3.8, 4) is 0 Å². The number of carbonyl (C=O) groups is 2. The maximum absolute atomic E-state index is 11.8. The molecule has 0 spiro atoms. The first kappa shape index (κ1) is 11.7. The number of amides is 2. The first-order chi connectivity index (χ1) is 8.27. The van der Waals surface area contributed by atoms with Crippen LogP contribution < -0.4 is 10.6 Å². The standard InChI is InChI=1S/C12H15N3O2/c16-11(9-1-5-13-6-2-9)15-12(17)10-3-7-14-8-4-10/h1-2,5-6,10,14H,3-4,7-8H2,(H,15,16,17). The van der Waals surface area contributed by atoms with Gasteiger partial charge in [-0.25, -0.2) is 0 Å². The van der Waals surface area contributed by atoms with E-state index in [-0.39, 0.29) is 17.7 Å². The molecule has 0 bridgehead atoms. The fourth-order valence-corrected chi connectivity index (χ4v) is 1.87. The van der Waals surface area contributed by atoms with Gasteiger partial charge in [0.15, 0.2) is 0 Å². The van der Waals surface area contributed by atoms with Crippen LogP contribution in [0.2, 0.25) is 0 Å². The second kappa shape index (κ2) is 5.54. The van der Waals surface area contributed by atoms with E-state index in [9.17, 15) is 9.59 Å². The maximum atomic E-state index is 11.8. The second-order valence-corrected chi connectivity index (χ2v) is 4.08. The van der Waals surface area contributed by atoms with Gasteiger partial charge < -0.3 is 5.32 Å². The highest BCUT2D eigenvalue weighted by Crippen LogP contribution is 2.11. The Kier molecular flexibility index (Phi) is 3.82. The summed E-state index contributed by atoms with van der Waals surface area (Å²) in [5, 5.41) is 5.61. The van der Waals surface area contributed by atoms with E-state index in [2.05, 4.69) is 15.6 Å². The Balaban J connectivity index is 1.92. The van der Waals surface area contributed by atoms with E-state index in [1.54, 1.807) is 12.1 Å². The van der Waals surface area contributed by atoms with Gasteiger partial charge in [0.25, 0.3) is 5.91 Å². The van der Waals surface area contributed by atoms with E-state index in [0.717, 1.165) is 25.9 Å². The van der Waals surface area contributed by atoms with Crippen molar-refractivity contribution < 1.29 is 9.59 Å². The van der Waals surface area contributed by atoms with Gasteiger partial charge >= 0.3 is 0 Å². The molecule has 1 aliphatic rings. The van der Waals surface area contributed by atoms with Crippen LogP contribution in [0.1, 0.15) is 23.2 Å². The molecule has 0 radical (unpaired) electrons. The summed E-state index contributed by atoms with van der Waals surface area (Å²) in [5.74, 6) is -0.578. The molecule has 90 valence electrons. The number of nitrogens with one attached hydrogen (secondary N) is 2.